The molecule has 1 heterocycles. The zero-order valence-corrected chi connectivity index (χ0v) is 13.5. The van der Waals surface area contributed by atoms with E-state index < -0.39 is 0 Å². The standard InChI is InChI=1S/C16H24N2O2S/c1-12(2)20-15-6-4-3-5-13(15)10-18-16(19)9-14-11-21-8-7-17-14/h3-6,12,14,17H,7-11H2,1-2H3,(H,18,19). The lowest BCUT2D eigenvalue weighted by Crippen LogP contribution is -2.41. The maximum absolute atomic E-state index is 12.0. The molecule has 1 atom stereocenters. The molecule has 1 amide bonds. The van der Waals surface area contributed by atoms with Crippen LogP contribution >= 0.6 is 11.8 Å². The number of hydrogen-bond donors (Lipinski definition) is 2. The summed E-state index contributed by atoms with van der Waals surface area (Å²) >= 11 is 1.91. The smallest absolute Gasteiger partial charge is 0.221 e. The summed E-state index contributed by atoms with van der Waals surface area (Å²) in [5.41, 5.74) is 1.02. The Balaban J connectivity index is 1.83. The maximum Gasteiger partial charge on any atom is 0.221 e. The summed E-state index contributed by atoms with van der Waals surface area (Å²) in [6.07, 6.45) is 0.672. The Morgan fingerprint density at radius 3 is 3.00 bits per heavy atom. The number of nitrogens with one attached hydrogen (secondary N) is 2. The lowest BCUT2D eigenvalue weighted by atomic mass is 10.2. The molecule has 1 aromatic carbocycles. The lowest BCUT2D eigenvalue weighted by molar-refractivity contribution is -0.121. The zero-order valence-electron chi connectivity index (χ0n) is 12.7. The summed E-state index contributed by atoms with van der Waals surface area (Å²) in [4.78, 5) is 12.0. The van der Waals surface area contributed by atoms with Gasteiger partial charge in [0.05, 0.1) is 6.10 Å². The molecule has 1 saturated heterocycles. The molecule has 0 bridgehead atoms. The number of hydrogen-bond acceptors (Lipinski definition) is 4. The van der Waals surface area contributed by atoms with Crippen LogP contribution in [0, 0.1) is 0 Å². The second-order valence-electron chi connectivity index (χ2n) is 5.48. The summed E-state index contributed by atoms with van der Waals surface area (Å²) in [6.45, 7) is 5.51. The van der Waals surface area contributed by atoms with Crippen LogP contribution in [0.25, 0.3) is 0 Å². The minimum Gasteiger partial charge on any atom is -0.491 e. The SMILES string of the molecule is CC(C)Oc1ccccc1CNC(=O)CC1CSCCN1. The van der Waals surface area contributed by atoms with Crippen LogP contribution < -0.4 is 15.4 Å². The van der Waals surface area contributed by atoms with Gasteiger partial charge in [0, 0.05) is 42.6 Å². The van der Waals surface area contributed by atoms with Crippen molar-refractivity contribution in [1.82, 2.24) is 10.6 Å². The fraction of sp³-hybridized carbons (Fsp3) is 0.562. The Labute approximate surface area is 131 Å². The third-order valence-electron chi connectivity index (χ3n) is 3.24. The van der Waals surface area contributed by atoms with Gasteiger partial charge in [0.2, 0.25) is 5.91 Å². The predicted molar refractivity (Wildman–Crippen MR) is 87.8 cm³/mol. The van der Waals surface area contributed by atoms with Gasteiger partial charge in [-0.2, -0.15) is 11.8 Å². The van der Waals surface area contributed by atoms with Gasteiger partial charge >= 0.3 is 0 Å². The van der Waals surface area contributed by atoms with Crippen LogP contribution in [0.15, 0.2) is 24.3 Å². The highest BCUT2D eigenvalue weighted by atomic mass is 32.2. The average Bonchev–Trinajstić information content (AvgIpc) is 2.47. The molecule has 1 fully saturated rings. The molecular formula is C16H24N2O2S. The molecule has 0 aromatic heterocycles. The minimum absolute atomic E-state index is 0.0920. The van der Waals surface area contributed by atoms with Crippen molar-refractivity contribution < 1.29 is 9.53 Å². The minimum atomic E-state index is 0.0920. The number of carbonyl (C=O) groups excluding carboxylic acids is 1. The van der Waals surface area contributed by atoms with E-state index in [0.29, 0.717) is 19.0 Å². The van der Waals surface area contributed by atoms with Crippen molar-refractivity contribution in [2.75, 3.05) is 18.1 Å². The third kappa shape index (κ3) is 5.59. The highest BCUT2D eigenvalue weighted by Gasteiger charge is 2.16. The summed E-state index contributed by atoms with van der Waals surface area (Å²) in [5.74, 6) is 3.09. The van der Waals surface area contributed by atoms with Crippen LogP contribution in [0.5, 0.6) is 5.75 Å². The van der Waals surface area contributed by atoms with Crippen LogP contribution in [0.2, 0.25) is 0 Å². The topological polar surface area (TPSA) is 50.4 Å². The van der Waals surface area contributed by atoms with Crippen molar-refractivity contribution in [3.05, 3.63) is 29.8 Å². The van der Waals surface area contributed by atoms with E-state index in [2.05, 4.69) is 10.6 Å². The fourth-order valence-corrected chi connectivity index (χ4v) is 3.21. The van der Waals surface area contributed by atoms with Crippen LogP contribution in [-0.4, -0.2) is 36.1 Å². The third-order valence-corrected chi connectivity index (χ3v) is 4.37. The molecule has 116 valence electrons. The van der Waals surface area contributed by atoms with Crippen LogP contribution in [-0.2, 0) is 11.3 Å². The van der Waals surface area contributed by atoms with Crippen molar-refractivity contribution in [3.63, 3.8) is 0 Å². The number of ether oxygens (including phenoxy) is 1. The van der Waals surface area contributed by atoms with E-state index in [0.717, 1.165) is 29.4 Å². The lowest BCUT2D eigenvalue weighted by Gasteiger charge is -2.22. The van der Waals surface area contributed by atoms with E-state index in [9.17, 15) is 4.79 Å². The maximum atomic E-state index is 12.0. The largest absolute Gasteiger partial charge is 0.491 e. The quantitative estimate of drug-likeness (QED) is 0.846. The first-order valence-corrected chi connectivity index (χ1v) is 8.63. The van der Waals surface area contributed by atoms with Crippen LogP contribution in [0.1, 0.15) is 25.8 Å². The van der Waals surface area contributed by atoms with Crippen molar-refractivity contribution in [2.24, 2.45) is 0 Å². The summed E-state index contributed by atoms with van der Waals surface area (Å²) in [6, 6.07) is 8.15. The van der Waals surface area contributed by atoms with Gasteiger partial charge in [0.25, 0.3) is 0 Å². The molecule has 2 N–H and O–H groups in total. The normalized spacial score (nSPS) is 18.5. The molecule has 21 heavy (non-hydrogen) atoms. The van der Waals surface area contributed by atoms with Gasteiger partial charge in [-0.15, -0.1) is 0 Å². The van der Waals surface area contributed by atoms with Gasteiger partial charge in [-0.05, 0) is 19.9 Å². The van der Waals surface area contributed by atoms with E-state index in [1.165, 1.54) is 0 Å². The number of benzene rings is 1. The molecule has 1 aliphatic rings. The van der Waals surface area contributed by atoms with Gasteiger partial charge in [-0.1, -0.05) is 18.2 Å². The zero-order chi connectivity index (χ0) is 15.1. The molecule has 1 unspecified atom stereocenters. The molecule has 1 aliphatic heterocycles. The summed E-state index contributed by atoms with van der Waals surface area (Å²) < 4.78 is 5.76. The Morgan fingerprint density at radius 1 is 1.48 bits per heavy atom. The number of para-hydroxylation sites is 1. The van der Waals surface area contributed by atoms with Crippen molar-refractivity contribution >= 4 is 17.7 Å². The Morgan fingerprint density at radius 2 is 2.29 bits per heavy atom. The first kappa shape index (κ1) is 16.2. The Hall–Kier alpha value is -1.20. The highest BCUT2D eigenvalue weighted by molar-refractivity contribution is 7.99. The second-order valence-corrected chi connectivity index (χ2v) is 6.63. The molecule has 0 radical (unpaired) electrons. The van der Waals surface area contributed by atoms with Crippen molar-refractivity contribution in [2.45, 2.75) is 39.0 Å². The van der Waals surface area contributed by atoms with Gasteiger partial charge in [0.1, 0.15) is 5.75 Å². The van der Waals surface area contributed by atoms with Crippen LogP contribution in [0.4, 0.5) is 0 Å². The number of thioether (sulfide) groups is 1. The molecule has 2 rings (SSSR count). The van der Waals surface area contributed by atoms with E-state index >= 15 is 0 Å². The van der Waals surface area contributed by atoms with E-state index in [1.807, 2.05) is 49.9 Å². The van der Waals surface area contributed by atoms with E-state index in [1.54, 1.807) is 0 Å². The summed E-state index contributed by atoms with van der Waals surface area (Å²) in [5, 5.41) is 6.37. The Bertz CT molecular complexity index is 459. The number of rotatable bonds is 6. The Kier molecular flexibility index (Phi) is 6.39. The molecule has 0 spiro atoms. The molecule has 1 aromatic rings. The van der Waals surface area contributed by atoms with Gasteiger partial charge in [0.15, 0.2) is 0 Å². The van der Waals surface area contributed by atoms with Gasteiger partial charge in [-0.3, -0.25) is 4.79 Å². The molecule has 4 nitrogen and oxygen atoms in total. The highest BCUT2D eigenvalue weighted by Crippen LogP contribution is 2.19. The molecule has 5 heteroatoms. The van der Waals surface area contributed by atoms with Gasteiger partial charge in [-0.25, -0.2) is 0 Å². The van der Waals surface area contributed by atoms with Crippen molar-refractivity contribution in [3.8, 4) is 5.75 Å². The number of amides is 1. The molecular weight excluding hydrogens is 284 g/mol. The fourth-order valence-electron chi connectivity index (χ4n) is 2.26. The molecule has 0 aliphatic carbocycles. The predicted octanol–water partition coefficient (Wildman–Crippen LogP) is 2.19. The van der Waals surface area contributed by atoms with E-state index in [-0.39, 0.29) is 12.0 Å². The first-order valence-electron chi connectivity index (χ1n) is 7.47. The summed E-state index contributed by atoms with van der Waals surface area (Å²) in [7, 11) is 0. The van der Waals surface area contributed by atoms with Crippen molar-refractivity contribution in [1.29, 1.82) is 0 Å². The molecule has 0 saturated carbocycles. The first-order chi connectivity index (χ1) is 10.1. The van der Waals surface area contributed by atoms with Gasteiger partial charge < -0.3 is 15.4 Å². The monoisotopic (exact) mass is 308 g/mol. The second kappa shape index (κ2) is 8.29. The van der Waals surface area contributed by atoms with E-state index in [4.69, 9.17) is 4.74 Å². The average molecular weight is 308 g/mol. The number of carbonyl (C=O) groups is 1. The van der Waals surface area contributed by atoms with Crippen LogP contribution in [0.3, 0.4) is 0 Å².